The van der Waals surface area contributed by atoms with E-state index in [9.17, 15) is 4.79 Å². The number of carbonyl (C=O) groups is 1. The highest BCUT2D eigenvalue weighted by molar-refractivity contribution is 7.13. The van der Waals surface area contributed by atoms with Gasteiger partial charge in [-0.15, -0.1) is 11.3 Å². The molecule has 1 fully saturated rings. The van der Waals surface area contributed by atoms with Crippen molar-refractivity contribution in [2.45, 2.75) is 24.7 Å². The average molecular weight is 369 g/mol. The molecule has 3 nitrogen and oxygen atoms in total. The lowest BCUT2D eigenvalue weighted by Gasteiger charge is -2.40. The summed E-state index contributed by atoms with van der Waals surface area (Å²) >= 11 is 7.73. The molecule has 1 saturated carbocycles. The first kappa shape index (κ1) is 16.3. The van der Waals surface area contributed by atoms with Gasteiger partial charge in [-0.25, -0.2) is 4.98 Å². The molecule has 3 aromatic rings. The van der Waals surface area contributed by atoms with Crippen molar-refractivity contribution in [1.29, 1.82) is 0 Å². The second kappa shape index (κ2) is 6.62. The van der Waals surface area contributed by atoms with Crippen molar-refractivity contribution >= 4 is 34.5 Å². The highest BCUT2D eigenvalue weighted by Crippen LogP contribution is 2.45. The lowest BCUT2D eigenvalue weighted by atomic mass is 9.64. The summed E-state index contributed by atoms with van der Waals surface area (Å²) in [7, 11) is 0. The fourth-order valence-corrected chi connectivity index (χ4v) is 4.11. The van der Waals surface area contributed by atoms with E-state index in [0.717, 1.165) is 41.1 Å². The van der Waals surface area contributed by atoms with Crippen molar-refractivity contribution in [1.82, 2.24) is 4.98 Å². The minimum atomic E-state index is -0.459. The summed E-state index contributed by atoms with van der Waals surface area (Å²) in [4.78, 5) is 17.3. The maximum absolute atomic E-state index is 13.0. The first-order valence-corrected chi connectivity index (χ1v) is 9.51. The Morgan fingerprint density at radius 1 is 1.16 bits per heavy atom. The lowest BCUT2D eigenvalue weighted by molar-refractivity contribution is -0.124. The molecule has 0 atom stereocenters. The highest BCUT2D eigenvalue weighted by atomic mass is 35.5. The molecule has 1 aliphatic carbocycles. The highest BCUT2D eigenvalue weighted by Gasteiger charge is 2.45. The van der Waals surface area contributed by atoms with E-state index in [4.69, 9.17) is 11.6 Å². The minimum absolute atomic E-state index is 0.0445. The standard InChI is InChI=1S/C20H17ClN2OS/c21-16-4-1-3-15(13-16)20(9-2-10-20)19(24)23-17-7-5-14(6-8-17)18-22-11-12-25-18/h1,3-8,11-13H,2,9-10H2,(H,23,24). The van der Waals surface area contributed by atoms with Crippen LogP contribution in [0, 0.1) is 0 Å². The summed E-state index contributed by atoms with van der Waals surface area (Å²) in [5, 5.41) is 6.68. The zero-order valence-electron chi connectivity index (χ0n) is 13.5. The smallest absolute Gasteiger partial charge is 0.235 e. The molecule has 0 radical (unpaired) electrons. The van der Waals surface area contributed by atoms with Crippen molar-refractivity contribution in [2.75, 3.05) is 5.32 Å². The number of rotatable bonds is 4. The Morgan fingerprint density at radius 3 is 2.56 bits per heavy atom. The van der Waals surface area contributed by atoms with Crippen LogP contribution in [0.4, 0.5) is 5.69 Å². The van der Waals surface area contributed by atoms with E-state index in [1.165, 1.54) is 0 Å². The maximum Gasteiger partial charge on any atom is 0.235 e. The Balaban J connectivity index is 1.54. The van der Waals surface area contributed by atoms with Crippen molar-refractivity contribution in [3.63, 3.8) is 0 Å². The third-order valence-electron chi connectivity index (χ3n) is 4.84. The van der Waals surface area contributed by atoms with Gasteiger partial charge in [0.05, 0.1) is 5.41 Å². The van der Waals surface area contributed by atoms with Crippen LogP contribution >= 0.6 is 22.9 Å². The predicted molar refractivity (Wildman–Crippen MR) is 103 cm³/mol. The Kier molecular flexibility index (Phi) is 4.32. The predicted octanol–water partition coefficient (Wildman–Crippen LogP) is 5.52. The molecule has 0 saturated heterocycles. The van der Waals surface area contributed by atoms with Gasteiger partial charge in [0, 0.05) is 27.9 Å². The molecule has 4 rings (SSSR count). The SMILES string of the molecule is O=C(Nc1ccc(-c2nccs2)cc1)C1(c2cccc(Cl)c2)CCC1. The molecule has 5 heteroatoms. The fourth-order valence-electron chi connectivity index (χ4n) is 3.28. The molecule has 126 valence electrons. The molecule has 1 N–H and O–H groups in total. The van der Waals surface area contributed by atoms with Crippen molar-refractivity contribution in [3.8, 4) is 10.6 Å². The van der Waals surface area contributed by atoms with E-state index in [1.54, 1.807) is 17.5 Å². The van der Waals surface area contributed by atoms with E-state index < -0.39 is 5.41 Å². The molecule has 0 aliphatic heterocycles. The van der Waals surface area contributed by atoms with Crippen LogP contribution in [0.3, 0.4) is 0 Å². The van der Waals surface area contributed by atoms with Crippen LogP contribution in [0.25, 0.3) is 10.6 Å². The van der Waals surface area contributed by atoms with Crippen LogP contribution < -0.4 is 5.32 Å². The zero-order chi connectivity index (χ0) is 17.3. The summed E-state index contributed by atoms with van der Waals surface area (Å²) in [6.45, 7) is 0. The minimum Gasteiger partial charge on any atom is -0.325 e. The number of thiazole rings is 1. The monoisotopic (exact) mass is 368 g/mol. The Labute approximate surface area is 155 Å². The van der Waals surface area contributed by atoms with E-state index >= 15 is 0 Å². The number of anilines is 1. The maximum atomic E-state index is 13.0. The molecule has 1 heterocycles. The molecular formula is C20H17ClN2OS. The van der Waals surface area contributed by atoms with E-state index in [-0.39, 0.29) is 5.91 Å². The average Bonchev–Trinajstić information content (AvgIpc) is 3.09. The molecule has 25 heavy (non-hydrogen) atoms. The van der Waals surface area contributed by atoms with Gasteiger partial charge >= 0.3 is 0 Å². The van der Waals surface area contributed by atoms with Gasteiger partial charge in [-0.3, -0.25) is 4.79 Å². The summed E-state index contributed by atoms with van der Waals surface area (Å²) in [6, 6.07) is 15.5. The number of aromatic nitrogens is 1. The van der Waals surface area contributed by atoms with Gasteiger partial charge in [0.2, 0.25) is 5.91 Å². The number of amides is 1. The van der Waals surface area contributed by atoms with Gasteiger partial charge in [-0.1, -0.05) is 30.2 Å². The zero-order valence-corrected chi connectivity index (χ0v) is 15.1. The van der Waals surface area contributed by atoms with Crippen LogP contribution in [0.2, 0.25) is 5.02 Å². The number of halogens is 1. The Morgan fingerprint density at radius 2 is 1.96 bits per heavy atom. The van der Waals surface area contributed by atoms with Crippen LogP contribution in [0.5, 0.6) is 0 Å². The number of hydrogen-bond donors (Lipinski definition) is 1. The Bertz CT molecular complexity index is 886. The van der Waals surface area contributed by atoms with E-state index in [2.05, 4.69) is 10.3 Å². The van der Waals surface area contributed by atoms with Crippen LogP contribution in [0.15, 0.2) is 60.1 Å². The molecule has 0 unspecified atom stereocenters. The topological polar surface area (TPSA) is 42.0 Å². The Hall–Kier alpha value is -2.17. The van der Waals surface area contributed by atoms with Gasteiger partial charge in [-0.05, 0) is 54.8 Å². The summed E-state index contributed by atoms with van der Waals surface area (Å²) in [5.41, 5.74) is 2.40. The van der Waals surface area contributed by atoms with Crippen molar-refractivity contribution < 1.29 is 4.79 Å². The van der Waals surface area contributed by atoms with Crippen LogP contribution in [-0.2, 0) is 10.2 Å². The summed E-state index contributed by atoms with van der Waals surface area (Å²) in [5.74, 6) is 0.0445. The van der Waals surface area contributed by atoms with Crippen LogP contribution in [0.1, 0.15) is 24.8 Å². The second-order valence-electron chi connectivity index (χ2n) is 6.31. The third kappa shape index (κ3) is 3.08. The number of nitrogens with one attached hydrogen (secondary N) is 1. The van der Waals surface area contributed by atoms with Crippen LogP contribution in [-0.4, -0.2) is 10.9 Å². The third-order valence-corrected chi connectivity index (χ3v) is 5.90. The number of nitrogens with zero attached hydrogens (tertiary/aromatic N) is 1. The first-order valence-electron chi connectivity index (χ1n) is 8.25. The molecule has 1 amide bonds. The second-order valence-corrected chi connectivity index (χ2v) is 7.65. The van der Waals surface area contributed by atoms with Gasteiger partial charge < -0.3 is 5.32 Å². The van der Waals surface area contributed by atoms with Gasteiger partial charge in [0.25, 0.3) is 0 Å². The molecule has 0 spiro atoms. The first-order chi connectivity index (χ1) is 12.2. The quantitative estimate of drug-likeness (QED) is 0.658. The molecule has 1 aliphatic rings. The molecule has 1 aromatic heterocycles. The summed E-state index contributed by atoms with van der Waals surface area (Å²) in [6.07, 6.45) is 4.57. The molecule has 2 aromatic carbocycles. The molecular weight excluding hydrogens is 352 g/mol. The van der Waals surface area contributed by atoms with Crippen molar-refractivity contribution in [3.05, 3.63) is 70.7 Å². The normalized spacial score (nSPS) is 15.4. The number of carbonyl (C=O) groups excluding carboxylic acids is 1. The largest absolute Gasteiger partial charge is 0.325 e. The van der Waals surface area contributed by atoms with Gasteiger partial charge in [-0.2, -0.15) is 0 Å². The van der Waals surface area contributed by atoms with Crippen molar-refractivity contribution in [2.24, 2.45) is 0 Å². The van der Waals surface area contributed by atoms with Gasteiger partial charge in [0.1, 0.15) is 5.01 Å². The lowest BCUT2D eigenvalue weighted by Crippen LogP contribution is -2.46. The summed E-state index contributed by atoms with van der Waals surface area (Å²) < 4.78 is 0. The molecule has 0 bridgehead atoms. The number of benzene rings is 2. The van der Waals surface area contributed by atoms with E-state index in [1.807, 2.05) is 53.9 Å². The number of hydrogen-bond acceptors (Lipinski definition) is 3. The van der Waals surface area contributed by atoms with E-state index in [0.29, 0.717) is 5.02 Å². The fraction of sp³-hybridized carbons (Fsp3) is 0.200. The van der Waals surface area contributed by atoms with Gasteiger partial charge in [0.15, 0.2) is 0 Å².